The zero-order valence-corrected chi connectivity index (χ0v) is 22.1. The third kappa shape index (κ3) is 4.22. The quantitative estimate of drug-likeness (QED) is 0.554. The summed E-state index contributed by atoms with van der Waals surface area (Å²) in [5.41, 5.74) is 4.27. The summed E-state index contributed by atoms with van der Waals surface area (Å²) >= 11 is 0. The van der Waals surface area contributed by atoms with Crippen molar-refractivity contribution in [1.82, 2.24) is 14.7 Å². The number of nitrogens with zero attached hydrogens (tertiary/aromatic N) is 5. The molecule has 1 atom stereocenters. The molecule has 2 aliphatic heterocycles. The van der Waals surface area contributed by atoms with E-state index in [1.165, 1.54) is 13.8 Å². The van der Waals surface area contributed by atoms with Crippen LogP contribution in [-0.2, 0) is 34.6 Å². The number of aliphatic hydroxyl groups excluding tert-OH is 1. The number of carbonyl (C=O) groups is 1. The number of rotatable bonds is 8. The fourth-order valence-corrected chi connectivity index (χ4v) is 7.59. The van der Waals surface area contributed by atoms with Gasteiger partial charge in [-0.15, -0.1) is 0 Å². The highest BCUT2D eigenvalue weighted by atomic mass is 32.2. The Morgan fingerprint density at radius 2 is 1.97 bits per heavy atom. The van der Waals surface area contributed by atoms with Gasteiger partial charge in [-0.2, -0.15) is 10.4 Å². The van der Waals surface area contributed by atoms with Crippen molar-refractivity contribution in [3.05, 3.63) is 52.3 Å². The Hall–Kier alpha value is -3.23. The van der Waals surface area contributed by atoms with Gasteiger partial charge < -0.3 is 14.8 Å². The molecule has 3 heterocycles. The van der Waals surface area contributed by atoms with Gasteiger partial charge in [0.2, 0.25) is 0 Å². The molecule has 10 nitrogen and oxygen atoms in total. The van der Waals surface area contributed by atoms with Crippen molar-refractivity contribution in [2.75, 3.05) is 19.7 Å². The van der Waals surface area contributed by atoms with E-state index in [-0.39, 0.29) is 18.6 Å². The molecule has 0 saturated heterocycles. The zero-order chi connectivity index (χ0) is 26.6. The Kier molecular flexibility index (Phi) is 6.15. The van der Waals surface area contributed by atoms with Gasteiger partial charge in [-0.25, -0.2) is 8.42 Å². The molecule has 1 N–H and O–H groups in total. The highest BCUT2D eigenvalue weighted by Crippen LogP contribution is 2.49. The van der Waals surface area contributed by atoms with Crippen LogP contribution in [0.2, 0.25) is 0 Å². The van der Waals surface area contributed by atoms with Crippen LogP contribution in [0.1, 0.15) is 66.0 Å². The minimum absolute atomic E-state index is 0.119. The number of fused-ring (bicyclic) bond motifs is 1. The molecule has 3 aliphatic rings. The summed E-state index contributed by atoms with van der Waals surface area (Å²) in [5, 5.41) is 27.5. The number of nitriles is 1. The first kappa shape index (κ1) is 25.4. The van der Waals surface area contributed by atoms with E-state index < -0.39 is 25.9 Å². The summed E-state index contributed by atoms with van der Waals surface area (Å²) in [6.45, 7) is 3.12. The maximum Gasteiger partial charge on any atom is 0.272 e. The number of hydrogen-bond acceptors (Lipinski definition) is 8. The third-order valence-corrected chi connectivity index (χ3v) is 11.0. The number of hydrogen-bond donors (Lipinski definition) is 1. The van der Waals surface area contributed by atoms with E-state index in [1.807, 2.05) is 12.1 Å². The molecule has 11 heteroatoms. The van der Waals surface area contributed by atoms with Gasteiger partial charge in [-0.1, -0.05) is 17.3 Å². The lowest BCUT2D eigenvalue weighted by Gasteiger charge is -2.34. The Balaban J connectivity index is 1.31. The van der Waals surface area contributed by atoms with E-state index in [4.69, 9.17) is 10.1 Å². The molecule has 0 unspecified atom stereocenters. The number of aromatic nitrogens is 2. The molecule has 0 bridgehead atoms. The Morgan fingerprint density at radius 1 is 1.27 bits per heavy atom. The molecule has 0 spiro atoms. The van der Waals surface area contributed by atoms with E-state index >= 15 is 0 Å². The maximum atomic E-state index is 13.5. The summed E-state index contributed by atoms with van der Waals surface area (Å²) < 4.78 is 25.8. The minimum atomic E-state index is -3.65. The Labute approximate surface area is 216 Å². The van der Waals surface area contributed by atoms with Crippen LogP contribution in [0.5, 0.6) is 0 Å². The monoisotopic (exact) mass is 525 g/mol. The van der Waals surface area contributed by atoms with E-state index in [0.717, 1.165) is 11.1 Å². The second-order valence-electron chi connectivity index (χ2n) is 10.9. The third-order valence-electron chi connectivity index (χ3n) is 7.78. The smallest absolute Gasteiger partial charge is 0.272 e. The van der Waals surface area contributed by atoms with Crippen LogP contribution in [0.15, 0.2) is 29.4 Å². The fraction of sp³-hybridized carbons (Fsp3) is 0.538. The van der Waals surface area contributed by atoms with Gasteiger partial charge in [-0.3, -0.25) is 9.48 Å². The summed E-state index contributed by atoms with van der Waals surface area (Å²) in [5.74, 6) is -0.237. The first-order chi connectivity index (χ1) is 17.5. The highest BCUT2D eigenvalue weighted by Gasteiger charge is 2.60. The number of amides is 1. The van der Waals surface area contributed by atoms with Crippen LogP contribution in [0, 0.1) is 11.3 Å². The summed E-state index contributed by atoms with van der Waals surface area (Å²) in [6, 6.07) is 9.48. The van der Waals surface area contributed by atoms with E-state index in [0.29, 0.717) is 61.3 Å². The SMILES string of the molecule is Cn1nc(C2=NO[C@H](Cc3ccc(C#N)cc3)C2)c2c1C(=O)N(CC1(S(=O)(=O)C(C)(C)CO)CC1)CC2. The average molecular weight is 526 g/mol. The van der Waals surface area contributed by atoms with Crippen LogP contribution >= 0.6 is 0 Å². The lowest BCUT2D eigenvalue weighted by molar-refractivity contribution is 0.0724. The van der Waals surface area contributed by atoms with Crippen LogP contribution in [0.4, 0.5) is 0 Å². The highest BCUT2D eigenvalue weighted by molar-refractivity contribution is 7.94. The zero-order valence-electron chi connectivity index (χ0n) is 21.3. The number of aliphatic hydroxyl groups is 1. The van der Waals surface area contributed by atoms with Crippen molar-refractivity contribution in [2.24, 2.45) is 12.2 Å². The van der Waals surface area contributed by atoms with E-state index in [1.54, 1.807) is 28.8 Å². The second-order valence-corrected chi connectivity index (χ2v) is 13.8. The molecule has 0 radical (unpaired) electrons. The lowest BCUT2D eigenvalue weighted by Crippen LogP contribution is -2.51. The van der Waals surface area contributed by atoms with Gasteiger partial charge in [0.05, 0.1) is 27.7 Å². The summed E-state index contributed by atoms with van der Waals surface area (Å²) in [7, 11) is -1.93. The van der Waals surface area contributed by atoms with Crippen molar-refractivity contribution >= 4 is 21.5 Å². The normalized spacial score (nSPS) is 20.7. The molecule has 1 amide bonds. The number of carbonyl (C=O) groups excluding carboxylic acids is 1. The van der Waals surface area contributed by atoms with Gasteiger partial charge in [-0.05, 0) is 50.8 Å². The van der Waals surface area contributed by atoms with Crippen molar-refractivity contribution < 1.29 is 23.2 Å². The van der Waals surface area contributed by atoms with Crippen LogP contribution in [0.25, 0.3) is 0 Å². The van der Waals surface area contributed by atoms with Crippen LogP contribution < -0.4 is 0 Å². The van der Waals surface area contributed by atoms with Gasteiger partial charge in [0.1, 0.15) is 23.2 Å². The number of benzene rings is 1. The Morgan fingerprint density at radius 3 is 2.59 bits per heavy atom. The largest absolute Gasteiger partial charge is 0.395 e. The molecular formula is C26H31N5O5S. The van der Waals surface area contributed by atoms with Gasteiger partial charge in [0.15, 0.2) is 9.84 Å². The van der Waals surface area contributed by atoms with Crippen LogP contribution in [0.3, 0.4) is 0 Å². The molecule has 1 aliphatic carbocycles. The average Bonchev–Trinajstić information content (AvgIpc) is 3.40. The van der Waals surface area contributed by atoms with Gasteiger partial charge in [0, 0.05) is 38.5 Å². The Bertz CT molecular complexity index is 1410. The first-order valence-electron chi connectivity index (χ1n) is 12.4. The van der Waals surface area contributed by atoms with Crippen LogP contribution in [-0.4, -0.2) is 75.1 Å². The molecule has 1 aromatic carbocycles. The molecule has 1 aromatic heterocycles. The first-order valence-corrected chi connectivity index (χ1v) is 13.9. The molecule has 2 aromatic rings. The van der Waals surface area contributed by atoms with Gasteiger partial charge in [0.25, 0.3) is 5.91 Å². The predicted octanol–water partition coefficient (Wildman–Crippen LogP) is 1.74. The topological polar surface area (TPSA) is 138 Å². The molecule has 1 saturated carbocycles. The summed E-state index contributed by atoms with van der Waals surface area (Å²) in [6.07, 6.45) is 2.55. The lowest BCUT2D eigenvalue weighted by atomic mass is 9.97. The fourth-order valence-electron chi connectivity index (χ4n) is 5.28. The molecular weight excluding hydrogens is 494 g/mol. The van der Waals surface area contributed by atoms with Crippen molar-refractivity contribution in [1.29, 1.82) is 5.26 Å². The van der Waals surface area contributed by atoms with Crippen molar-refractivity contribution in [3.8, 4) is 6.07 Å². The number of oxime groups is 1. The van der Waals surface area contributed by atoms with Crippen molar-refractivity contribution in [2.45, 2.75) is 61.5 Å². The maximum absolute atomic E-state index is 13.5. The predicted molar refractivity (Wildman–Crippen MR) is 136 cm³/mol. The van der Waals surface area contributed by atoms with E-state index in [2.05, 4.69) is 16.3 Å². The second kappa shape index (κ2) is 8.96. The standard InChI is InChI=1S/C26H31N5O5S/c1-25(2,16-32)37(34,35)26(9-10-26)15-31-11-8-20-22(28-30(3)23(20)24(31)33)21-13-19(36-29-21)12-17-4-6-18(14-27)7-5-17/h4-7,19,32H,8-13,15-16H2,1-3H3/t19-/m1/s1. The summed E-state index contributed by atoms with van der Waals surface area (Å²) in [4.78, 5) is 20.8. The molecule has 196 valence electrons. The molecule has 37 heavy (non-hydrogen) atoms. The van der Waals surface area contributed by atoms with Gasteiger partial charge >= 0.3 is 0 Å². The minimum Gasteiger partial charge on any atom is -0.395 e. The number of aryl methyl sites for hydroxylation is 1. The molecule has 1 fully saturated rings. The number of sulfone groups is 1. The molecule has 5 rings (SSSR count). The van der Waals surface area contributed by atoms with Crippen molar-refractivity contribution in [3.63, 3.8) is 0 Å². The van der Waals surface area contributed by atoms with E-state index in [9.17, 15) is 18.3 Å².